The number of carbonyl (C=O) groups is 2. The van der Waals surface area contributed by atoms with Crippen LogP contribution >= 0.6 is 11.3 Å². The highest BCUT2D eigenvalue weighted by Crippen LogP contribution is 2.21. The van der Waals surface area contributed by atoms with Gasteiger partial charge in [0.15, 0.2) is 5.01 Å². The third-order valence-electron chi connectivity index (χ3n) is 4.11. The molecule has 1 amide bonds. The Balaban J connectivity index is 1.39. The first kappa shape index (κ1) is 17.9. The second-order valence-electron chi connectivity index (χ2n) is 6.13. The fourth-order valence-corrected chi connectivity index (χ4v) is 3.33. The van der Waals surface area contributed by atoms with Crippen LogP contribution < -0.4 is 10.1 Å². The van der Waals surface area contributed by atoms with Crippen molar-refractivity contribution in [3.8, 4) is 5.75 Å². The first-order valence-electron chi connectivity index (χ1n) is 8.54. The maximum atomic E-state index is 12.5. The second-order valence-corrected chi connectivity index (χ2v) is 7.20. The lowest BCUT2D eigenvalue weighted by molar-refractivity contribution is -0.112. The number of hydrogen-bond acceptors (Lipinski definition) is 6. The molecule has 0 aliphatic rings. The summed E-state index contributed by atoms with van der Waals surface area (Å²) in [5, 5.41) is 11.9. The molecule has 2 aromatic heterocycles. The Labute approximate surface area is 164 Å². The number of aromatic nitrogens is 3. The number of aromatic amines is 1. The molecule has 0 atom stereocenters. The van der Waals surface area contributed by atoms with Gasteiger partial charge < -0.3 is 9.72 Å². The average Bonchev–Trinajstić information content (AvgIpc) is 3.34. The highest BCUT2D eigenvalue weighted by Gasteiger charge is 2.21. The van der Waals surface area contributed by atoms with Gasteiger partial charge in [0.25, 0.3) is 11.7 Å². The van der Waals surface area contributed by atoms with Gasteiger partial charge in [0.05, 0.1) is 5.56 Å². The van der Waals surface area contributed by atoms with Crippen LogP contribution in [0.4, 0.5) is 5.13 Å². The third kappa shape index (κ3) is 3.77. The topological polar surface area (TPSA) is 97.0 Å². The monoisotopic (exact) mass is 392 g/mol. The van der Waals surface area contributed by atoms with Gasteiger partial charge in [-0.25, -0.2) is 0 Å². The van der Waals surface area contributed by atoms with Gasteiger partial charge in [-0.15, -0.1) is 10.2 Å². The largest absolute Gasteiger partial charge is 0.486 e. The van der Waals surface area contributed by atoms with E-state index in [1.165, 1.54) is 6.20 Å². The number of Topliss-reactive ketones (excluding diaryl/α,β-unsaturated/α-hetero) is 1. The number of para-hydroxylation sites is 1. The Morgan fingerprint density at radius 1 is 1.11 bits per heavy atom. The van der Waals surface area contributed by atoms with Crippen LogP contribution in [-0.2, 0) is 11.4 Å². The van der Waals surface area contributed by atoms with Gasteiger partial charge in [0.2, 0.25) is 5.13 Å². The minimum Gasteiger partial charge on any atom is -0.486 e. The molecule has 0 saturated carbocycles. The molecule has 4 aromatic rings. The van der Waals surface area contributed by atoms with Crippen molar-refractivity contribution in [1.82, 2.24) is 15.2 Å². The van der Waals surface area contributed by atoms with E-state index < -0.39 is 11.7 Å². The molecule has 0 saturated heterocycles. The summed E-state index contributed by atoms with van der Waals surface area (Å²) in [6, 6.07) is 15.0. The van der Waals surface area contributed by atoms with Crippen LogP contribution in [0.25, 0.3) is 10.9 Å². The number of amides is 1. The van der Waals surface area contributed by atoms with Crippen LogP contribution in [0.2, 0.25) is 0 Å². The maximum absolute atomic E-state index is 12.5. The molecule has 28 heavy (non-hydrogen) atoms. The Morgan fingerprint density at radius 2 is 1.89 bits per heavy atom. The van der Waals surface area contributed by atoms with Crippen molar-refractivity contribution in [3.05, 3.63) is 70.9 Å². The number of benzene rings is 2. The van der Waals surface area contributed by atoms with Gasteiger partial charge in [-0.05, 0) is 25.1 Å². The first-order chi connectivity index (χ1) is 13.6. The average molecular weight is 392 g/mol. The molecule has 8 heteroatoms. The lowest BCUT2D eigenvalue weighted by atomic mass is 10.1. The van der Waals surface area contributed by atoms with Crippen molar-refractivity contribution >= 4 is 39.1 Å². The number of fused-ring (bicyclic) bond motifs is 1. The number of carbonyl (C=O) groups excluding carboxylic acids is 2. The van der Waals surface area contributed by atoms with Gasteiger partial charge >= 0.3 is 0 Å². The fraction of sp³-hybridized carbons (Fsp3) is 0.100. The number of H-pyrrole nitrogens is 1. The van der Waals surface area contributed by atoms with Crippen LogP contribution in [0, 0.1) is 6.92 Å². The zero-order valence-corrected chi connectivity index (χ0v) is 15.7. The lowest BCUT2D eigenvalue weighted by Crippen LogP contribution is -2.22. The molecule has 2 N–H and O–H groups in total. The molecule has 7 nitrogen and oxygen atoms in total. The van der Waals surface area contributed by atoms with Crippen molar-refractivity contribution in [3.63, 3.8) is 0 Å². The van der Waals surface area contributed by atoms with Crippen molar-refractivity contribution in [2.24, 2.45) is 0 Å². The molecular formula is C20H16N4O3S. The van der Waals surface area contributed by atoms with E-state index in [1.807, 2.05) is 49.4 Å². The van der Waals surface area contributed by atoms with Crippen LogP contribution in [0.1, 0.15) is 20.9 Å². The maximum Gasteiger partial charge on any atom is 0.298 e. The molecule has 140 valence electrons. The Hall–Kier alpha value is -3.52. The summed E-state index contributed by atoms with van der Waals surface area (Å²) in [4.78, 5) is 27.8. The molecule has 0 fully saturated rings. The van der Waals surface area contributed by atoms with Crippen LogP contribution in [0.5, 0.6) is 5.75 Å². The number of nitrogens with zero attached hydrogens (tertiary/aromatic N) is 2. The van der Waals surface area contributed by atoms with Gasteiger partial charge in [0.1, 0.15) is 12.4 Å². The van der Waals surface area contributed by atoms with E-state index in [1.54, 1.807) is 6.07 Å². The number of aryl methyl sites for hydroxylation is 1. The van der Waals surface area contributed by atoms with Gasteiger partial charge in [-0.2, -0.15) is 0 Å². The smallest absolute Gasteiger partial charge is 0.298 e. The van der Waals surface area contributed by atoms with Crippen LogP contribution in [0.15, 0.2) is 54.7 Å². The van der Waals surface area contributed by atoms with Gasteiger partial charge in [0, 0.05) is 17.1 Å². The van der Waals surface area contributed by atoms with Crippen molar-refractivity contribution < 1.29 is 14.3 Å². The van der Waals surface area contributed by atoms with E-state index in [9.17, 15) is 9.59 Å². The zero-order valence-electron chi connectivity index (χ0n) is 14.9. The fourth-order valence-electron chi connectivity index (χ4n) is 2.68. The lowest BCUT2D eigenvalue weighted by Gasteiger charge is -2.03. The van der Waals surface area contributed by atoms with Crippen LogP contribution in [-0.4, -0.2) is 26.9 Å². The Kier molecular flexibility index (Phi) is 4.86. The van der Waals surface area contributed by atoms with E-state index in [0.717, 1.165) is 28.2 Å². The summed E-state index contributed by atoms with van der Waals surface area (Å²) in [5.74, 6) is -0.669. The van der Waals surface area contributed by atoms with Crippen LogP contribution in [0.3, 0.4) is 0 Å². The standard InChI is InChI=1S/C20H16N4O3S/c1-12-6-8-13(9-7-12)27-11-17-23-24-20(28-17)22-19(26)18(25)15-10-21-16-5-3-2-4-14(15)16/h2-10,21H,11H2,1H3,(H,22,24,26). The molecular weight excluding hydrogens is 376 g/mol. The van der Waals surface area contributed by atoms with E-state index >= 15 is 0 Å². The predicted molar refractivity (Wildman–Crippen MR) is 107 cm³/mol. The molecule has 0 spiro atoms. The number of ether oxygens (including phenoxy) is 1. The molecule has 0 radical (unpaired) electrons. The SMILES string of the molecule is Cc1ccc(OCc2nnc(NC(=O)C(=O)c3c[nH]c4ccccc34)s2)cc1. The molecule has 0 aliphatic heterocycles. The summed E-state index contributed by atoms with van der Waals surface area (Å²) in [5.41, 5.74) is 2.26. The Bertz CT molecular complexity index is 1150. The normalized spacial score (nSPS) is 10.8. The number of hydrogen-bond donors (Lipinski definition) is 2. The Morgan fingerprint density at radius 3 is 2.71 bits per heavy atom. The number of anilines is 1. The van der Waals surface area contributed by atoms with Gasteiger partial charge in [-0.3, -0.25) is 14.9 Å². The highest BCUT2D eigenvalue weighted by molar-refractivity contribution is 7.15. The zero-order chi connectivity index (χ0) is 19.5. The third-order valence-corrected chi connectivity index (χ3v) is 4.92. The molecule has 0 aliphatic carbocycles. The molecule has 4 rings (SSSR count). The van der Waals surface area contributed by atoms with E-state index in [0.29, 0.717) is 16.0 Å². The quantitative estimate of drug-likeness (QED) is 0.385. The van der Waals surface area contributed by atoms with Crippen molar-refractivity contribution in [1.29, 1.82) is 0 Å². The summed E-state index contributed by atoms with van der Waals surface area (Å²) in [6.45, 7) is 2.23. The number of nitrogens with one attached hydrogen (secondary N) is 2. The molecule has 0 bridgehead atoms. The number of rotatable bonds is 6. The van der Waals surface area contributed by atoms with E-state index in [2.05, 4.69) is 20.5 Å². The first-order valence-corrected chi connectivity index (χ1v) is 9.35. The summed E-state index contributed by atoms with van der Waals surface area (Å²) < 4.78 is 5.64. The predicted octanol–water partition coefficient (Wildman–Crippen LogP) is 3.73. The molecule has 2 aromatic carbocycles. The van der Waals surface area contributed by atoms with Crippen molar-refractivity contribution in [2.75, 3.05) is 5.32 Å². The second kappa shape index (κ2) is 7.61. The van der Waals surface area contributed by atoms with E-state index in [-0.39, 0.29) is 11.7 Å². The minimum absolute atomic E-state index is 0.229. The van der Waals surface area contributed by atoms with Crippen molar-refractivity contribution in [2.45, 2.75) is 13.5 Å². The minimum atomic E-state index is -0.757. The molecule has 0 unspecified atom stereocenters. The number of ketones is 1. The molecule has 2 heterocycles. The van der Waals surface area contributed by atoms with E-state index in [4.69, 9.17) is 4.74 Å². The summed E-state index contributed by atoms with van der Waals surface area (Å²) in [6.07, 6.45) is 1.54. The highest BCUT2D eigenvalue weighted by atomic mass is 32.1. The summed E-state index contributed by atoms with van der Waals surface area (Å²) >= 11 is 1.16. The van der Waals surface area contributed by atoms with Gasteiger partial charge in [-0.1, -0.05) is 47.2 Å². The summed E-state index contributed by atoms with van der Waals surface area (Å²) in [7, 11) is 0.